The van der Waals surface area contributed by atoms with E-state index >= 15 is 0 Å². The Kier molecular flexibility index (Phi) is 2.20. The summed E-state index contributed by atoms with van der Waals surface area (Å²) >= 11 is 0. The van der Waals surface area contributed by atoms with Gasteiger partial charge in [-0.2, -0.15) is 0 Å². The third-order valence-corrected chi connectivity index (χ3v) is 4.33. The van der Waals surface area contributed by atoms with Crippen LogP contribution in [0, 0.1) is 13.8 Å². The monoisotopic (exact) mass is 189 g/mol. The molecule has 0 aliphatic rings. The predicted molar refractivity (Wildman–Crippen MR) is 57.8 cm³/mol. The first-order valence-corrected chi connectivity index (χ1v) is 5.82. The molecule has 2 aromatic heterocycles. The Morgan fingerprint density at radius 2 is 1.77 bits per heavy atom. The number of hydrogen-bond donors (Lipinski definition) is 0. The average Bonchev–Trinajstić information content (AvgIpc) is 2.49. The van der Waals surface area contributed by atoms with Crippen LogP contribution in [-0.4, -0.2) is 4.98 Å². The minimum absolute atomic E-state index is 0.254. The quantitative estimate of drug-likeness (QED) is 0.666. The molecule has 0 amide bonds. The fourth-order valence-corrected chi connectivity index (χ4v) is 3.34. The Hall–Kier alpha value is -1.07. The first-order valence-electron chi connectivity index (χ1n) is 4.34. The van der Waals surface area contributed by atoms with E-state index in [2.05, 4.69) is 42.6 Å². The second kappa shape index (κ2) is 3.35. The summed E-state index contributed by atoms with van der Waals surface area (Å²) < 4.78 is 0. The SMILES string of the molecule is Cc1cp(-c2ccccn2)cc1C. The number of rotatable bonds is 1. The van der Waals surface area contributed by atoms with Crippen LogP contribution >= 0.6 is 7.53 Å². The molecule has 0 N–H and O–H groups in total. The predicted octanol–water partition coefficient (Wildman–Crippen LogP) is 3.67. The molecule has 0 spiro atoms. The average molecular weight is 189 g/mol. The van der Waals surface area contributed by atoms with Gasteiger partial charge in [-0.05, 0) is 48.7 Å². The van der Waals surface area contributed by atoms with Crippen molar-refractivity contribution in [1.82, 2.24) is 4.98 Å². The van der Waals surface area contributed by atoms with E-state index in [4.69, 9.17) is 0 Å². The van der Waals surface area contributed by atoms with Crippen LogP contribution in [0.5, 0.6) is 0 Å². The van der Waals surface area contributed by atoms with Gasteiger partial charge in [0.15, 0.2) is 0 Å². The summed E-state index contributed by atoms with van der Waals surface area (Å²) in [5, 5.41) is 0. The van der Waals surface area contributed by atoms with Crippen molar-refractivity contribution in [1.29, 1.82) is 0 Å². The van der Waals surface area contributed by atoms with Crippen molar-refractivity contribution < 1.29 is 0 Å². The maximum absolute atomic E-state index is 4.37. The molecule has 2 heteroatoms. The van der Waals surface area contributed by atoms with Crippen LogP contribution in [0.1, 0.15) is 11.1 Å². The van der Waals surface area contributed by atoms with E-state index in [0.29, 0.717) is 0 Å². The molecule has 1 nitrogen and oxygen atoms in total. The van der Waals surface area contributed by atoms with Gasteiger partial charge in [-0.15, -0.1) is 0 Å². The molecular formula is C11H12NP. The molecule has 2 heterocycles. The van der Waals surface area contributed by atoms with Gasteiger partial charge in [0, 0.05) is 6.20 Å². The van der Waals surface area contributed by atoms with E-state index in [1.807, 2.05) is 12.3 Å². The highest BCUT2D eigenvalue weighted by Gasteiger charge is 2.01. The second-order valence-corrected chi connectivity index (χ2v) is 5.01. The van der Waals surface area contributed by atoms with Crippen molar-refractivity contribution in [2.24, 2.45) is 0 Å². The molecule has 0 aliphatic carbocycles. The molecule has 0 unspecified atom stereocenters. The van der Waals surface area contributed by atoms with Gasteiger partial charge >= 0.3 is 0 Å². The van der Waals surface area contributed by atoms with Gasteiger partial charge in [-0.1, -0.05) is 13.6 Å². The Balaban J connectivity index is 2.48. The maximum Gasteiger partial charge on any atom is 0.0855 e. The zero-order chi connectivity index (χ0) is 9.26. The molecule has 0 bridgehead atoms. The molecule has 13 heavy (non-hydrogen) atoms. The lowest BCUT2D eigenvalue weighted by atomic mass is 10.2. The minimum Gasteiger partial charge on any atom is -0.252 e. The largest absolute Gasteiger partial charge is 0.252 e. The van der Waals surface area contributed by atoms with E-state index < -0.39 is 0 Å². The Morgan fingerprint density at radius 1 is 1.08 bits per heavy atom. The van der Waals surface area contributed by atoms with E-state index in [1.165, 1.54) is 16.6 Å². The third-order valence-electron chi connectivity index (χ3n) is 2.20. The molecule has 0 aromatic carbocycles. The first kappa shape index (κ1) is 8.52. The molecule has 2 aromatic rings. The Bertz CT molecular complexity index is 384. The number of pyridine rings is 1. The summed E-state index contributed by atoms with van der Waals surface area (Å²) in [6.45, 7) is 4.33. The van der Waals surface area contributed by atoms with Crippen molar-refractivity contribution in [2.75, 3.05) is 0 Å². The fourth-order valence-electron chi connectivity index (χ4n) is 1.30. The zero-order valence-electron chi connectivity index (χ0n) is 7.86. The van der Waals surface area contributed by atoms with Crippen LogP contribution in [0.3, 0.4) is 0 Å². The molecule has 0 saturated carbocycles. The smallest absolute Gasteiger partial charge is 0.0855 e. The van der Waals surface area contributed by atoms with Crippen molar-refractivity contribution in [3.8, 4) is 5.44 Å². The van der Waals surface area contributed by atoms with Crippen molar-refractivity contribution in [3.05, 3.63) is 47.1 Å². The summed E-state index contributed by atoms with van der Waals surface area (Å²) in [6, 6.07) is 6.11. The molecule has 0 aliphatic heterocycles. The standard InChI is InChI=1S/C11H12NP/c1-9-7-13(8-10(9)2)11-5-3-4-6-12-11/h3-8H,1-2H3. The molecule has 2 rings (SSSR count). The number of aromatic nitrogens is 1. The van der Waals surface area contributed by atoms with Crippen LogP contribution in [0.25, 0.3) is 5.44 Å². The highest BCUT2D eigenvalue weighted by molar-refractivity contribution is 7.55. The second-order valence-electron chi connectivity index (χ2n) is 3.22. The van der Waals surface area contributed by atoms with E-state index in [0.717, 1.165) is 0 Å². The molecular weight excluding hydrogens is 177 g/mol. The summed E-state index contributed by atoms with van der Waals surface area (Å²) in [5.74, 6) is 4.65. The van der Waals surface area contributed by atoms with Gasteiger partial charge in [0.25, 0.3) is 0 Å². The number of aryl methyl sites for hydroxylation is 2. The van der Waals surface area contributed by atoms with Crippen molar-refractivity contribution in [2.45, 2.75) is 13.8 Å². The number of hydrogen-bond acceptors (Lipinski definition) is 1. The van der Waals surface area contributed by atoms with E-state index in [9.17, 15) is 0 Å². The van der Waals surface area contributed by atoms with E-state index in [-0.39, 0.29) is 7.53 Å². The zero-order valence-corrected chi connectivity index (χ0v) is 8.75. The Morgan fingerprint density at radius 3 is 2.31 bits per heavy atom. The summed E-state index contributed by atoms with van der Waals surface area (Å²) in [4.78, 5) is 4.37. The lowest BCUT2D eigenvalue weighted by molar-refractivity contribution is 1.38. The molecule has 0 saturated heterocycles. The lowest BCUT2D eigenvalue weighted by Gasteiger charge is -1.94. The Labute approximate surface area is 79.5 Å². The molecule has 0 fully saturated rings. The summed E-state index contributed by atoms with van der Waals surface area (Å²) in [5.41, 5.74) is 4.00. The van der Waals surface area contributed by atoms with Gasteiger partial charge in [-0.3, -0.25) is 4.98 Å². The molecule has 0 atom stereocenters. The van der Waals surface area contributed by atoms with Crippen molar-refractivity contribution >= 4 is 7.53 Å². The fraction of sp³-hybridized carbons (Fsp3) is 0.182. The summed E-state index contributed by atoms with van der Waals surface area (Å²) in [7, 11) is -0.254. The highest BCUT2D eigenvalue weighted by atomic mass is 31.1. The van der Waals surface area contributed by atoms with Crippen molar-refractivity contribution in [3.63, 3.8) is 0 Å². The van der Waals surface area contributed by atoms with Crippen LogP contribution < -0.4 is 0 Å². The molecule has 66 valence electrons. The lowest BCUT2D eigenvalue weighted by Crippen LogP contribution is -1.69. The minimum atomic E-state index is -0.254. The van der Waals surface area contributed by atoms with E-state index in [1.54, 1.807) is 0 Å². The normalized spacial score (nSPS) is 10.3. The third kappa shape index (κ3) is 1.66. The molecule has 0 radical (unpaired) electrons. The summed E-state index contributed by atoms with van der Waals surface area (Å²) in [6.07, 6.45) is 1.86. The first-order chi connectivity index (χ1) is 6.27. The van der Waals surface area contributed by atoms with Gasteiger partial charge < -0.3 is 0 Å². The van der Waals surface area contributed by atoms with Crippen LogP contribution in [0.4, 0.5) is 0 Å². The van der Waals surface area contributed by atoms with Crippen LogP contribution in [-0.2, 0) is 0 Å². The maximum atomic E-state index is 4.37. The van der Waals surface area contributed by atoms with Gasteiger partial charge in [0.05, 0.1) is 5.44 Å². The topological polar surface area (TPSA) is 12.9 Å². The van der Waals surface area contributed by atoms with Gasteiger partial charge in [-0.25, -0.2) is 0 Å². The van der Waals surface area contributed by atoms with Crippen LogP contribution in [0.15, 0.2) is 36.0 Å². The number of nitrogens with zero attached hydrogens (tertiary/aromatic N) is 1. The van der Waals surface area contributed by atoms with Gasteiger partial charge in [0.2, 0.25) is 0 Å². The van der Waals surface area contributed by atoms with Gasteiger partial charge in [0.1, 0.15) is 0 Å². The van der Waals surface area contributed by atoms with Crippen LogP contribution in [0.2, 0.25) is 0 Å². The highest BCUT2D eigenvalue weighted by Crippen LogP contribution is 2.40.